The summed E-state index contributed by atoms with van der Waals surface area (Å²) in [4.78, 5) is 12.4. The molecule has 0 bridgehead atoms. The highest BCUT2D eigenvalue weighted by Gasteiger charge is 2.20. The third kappa shape index (κ3) is 5.29. The molecule has 27 heavy (non-hydrogen) atoms. The van der Waals surface area contributed by atoms with E-state index >= 15 is 0 Å². The maximum absolute atomic E-state index is 12.4. The van der Waals surface area contributed by atoms with Crippen LogP contribution in [-0.2, 0) is 14.8 Å². The Bertz CT molecular complexity index is 930. The van der Waals surface area contributed by atoms with Crippen LogP contribution in [0, 0.1) is 6.92 Å². The van der Waals surface area contributed by atoms with E-state index in [1.54, 1.807) is 25.1 Å². The Kier molecular flexibility index (Phi) is 7.00. The Balaban J connectivity index is 2.05. The van der Waals surface area contributed by atoms with Crippen molar-refractivity contribution in [3.63, 3.8) is 0 Å². The quantitative estimate of drug-likeness (QED) is 0.736. The number of hydrogen-bond acceptors (Lipinski definition) is 4. The lowest BCUT2D eigenvalue weighted by molar-refractivity contribution is -0.115. The van der Waals surface area contributed by atoms with E-state index in [-0.39, 0.29) is 23.4 Å². The Morgan fingerprint density at radius 2 is 1.85 bits per heavy atom. The van der Waals surface area contributed by atoms with Gasteiger partial charge in [-0.3, -0.25) is 4.79 Å². The van der Waals surface area contributed by atoms with Crippen molar-refractivity contribution in [1.82, 2.24) is 9.62 Å². The summed E-state index contributed by atoms with van der Waals surface area (Å²) in [5, 5.41) is 6.47. The highest BCUT2D eigenvalue weighted by atomic mass is 35.5. The third-order valence-corrected chi connectivity index (χ3v) is 6.47. The van der Waals surface area contributed by atoms with Crippen molar-refractivity contribution >= 4 is 33.2 Å². The van der Waals surface area contributed by atoms with Gasteiger partial charge in [-0.2, -0.15) is 0 Å². The number of sulfonamides is 1. The summed E-state index contributed by atoms with van der Waals surface area (Å²) in [5.41, 5.74) is 1.95. The van der Waals surface area contributed by atoms with Crippen molar-refractivity contribution in [3.8, 4) is 0 Å². The summed E-state index contributed by atoms with van der Waals surface area (Å²) in [6.45, 7) is 3.70. The highest BCUT2D eigenvalue weighted by molar-refractivity contribution is 7.89. The number of nitrogens with zero attached hydrogens (tertiary/aromatic N) is 1. The van der Waals surface area contributed by atoms with Gasteiger partial charge in [0.1, 0.15) is 0 Å². The molecule has 0 aliphatic carbocycles. The molecule has 2 N–H and O–H groups in total. The van der Waals surface area contributed by atoms with Crippen LogP contribution < -0.4 is 10.6 Å². The smallest absolute Gasteiger partial charge is 0.242 e. The molecule has 1 amide bonds. The number of amides is 1. The second kappa shape index (κ2) is 8.84. The van der Waals surface area contributed by atoms with Gasteiger partial charge in [0.15, 0.2) is 0 Å². The molecule has 0 aromatic heterocycles. The fourth-order valence-electron chi connectivity index (χ4n) is 2.54. The van der Waals surface area contributed by atoms with Crippen LogP contribution in [0.25, 0.3) is 0 Å². The summed E-state index contributed by atoms with van der Waals surface area (Å²) in [7, 11) is -0.636. The number of aryl methyl sites for hydroxylation is 1. The molecule has 0 saturated carbocycles. The summed E-state index contributed by atoms with van der Waals surface area (Å²) in [6.07, 6.45) is 0. The maximum atomic E-state index is 12.4. The topological polar surface area (TPSA) is 78.5 Å². The average Bonchev–Trinajstić information content (AvgIpc) is 2.61. The molecular formula is C19H24ClN3O3S. The van der Waals surface area contributed by atoms with Gasteiger partial charge in [0.05, 0.1) is 11.4 Å². The first kappa shape index (κ1) is 21.4. The lowest BCUT2D eigenvalue weighted by Gasteiger charge is -2.17. The molecule has 0 radical (unpaired) electrons. The predicted octanol–water partition coefficient (Wildman–Crippen LogP) is 3.19. The molecule has 8 heteroatoms. The molecule has 0 aliphatic heterocycles. The minimum absolute atomic E-state index is 0.0655. The van der Waals surface area contributed by atoms with Crippen molar-refractivity contribution in [3.05, 3.63) is 58.6 Å². The van der Waals surface area contributed by atoms with Crippen molar-refractivity contribution in [1.29, 1.82) is 0 Å². The SMILES string of the molecule is Cc1ccc(NC(=O)CNC(C)c2ccccc2Cl)cc1S(=O)(=O)N(C)C. The van der Waals surface area contributed by atoms with Gasteiger partial charge in [-0.1, -0.05) is 35.9 Å². The van der Waals surface area contributed by atoms with Crippen LogP contribution in [0.4, 0.5) is 5.69 Å². The van der Waals surface area contributed by atoms with Crippen molar-refractivity contribution in [2.24, 2.45) is 0 Å². The van der Waals surface area contributed by atoms with Crippen molar-refractivity contribution in [2.75, 3.05) is 26.0 Å². The number of carbonyl (C=O) groups is 1. The summed E-state index contributed by atoms with van der Waals surface area (Å²) in [6, 6.07) is 12.2. The predicted molar refractivity (Wildman–Crippen MR) is 109 cm³/mol. The molecule has 0 heterocycles. The lowest BCUT2D eigenvalue weighted by atomic mass is 10.1. The molecule has 6 nitrogen and oxygen atoms in total. The second-order valence-electron chi connectivity index (χ2n) is 6.44. The van der Waals surface area contributed by atoms with Crippen LogP contribution in [0.2, 0.25) is 5.02 Å². The molecule has 0 fully saturated rings. The Labute approximate surface area is 165 Å². The highest BCUT2D eigenvalue weighted by Crippen LogP contribution is 2.23. The van der Waals surface area contributed by atoms with Crippen LogP contribution in [0.5, 0.6) is 0 Å². The van der Waals surface area contributed by atoms with Gasteiger partial charge in [0, 0.05) is 30.8 Å². The number of hydrogen-bond donors (Lipinski definition) is 2. The van der Waals surface area contributed by atoms with E-state index in [9.17, 15) is 13.2 Å². The summed E-state index contributed by atoms with van der Waals surface area (Å²) < 4.78 is 25.9. The van der Waals surface area contributed by atoms with E-state index in [2.05, 4.69) is 10.6 Å². The molecule has 2 rings (SSSR count). The normalized spacial score (nSPS) is 12.8. The Morgan fingerprint density at radius 3 is 2.48 bits per heavy atom. The molecule has 1 unspecified atom stereocenters. The van der Waals surface area contributed by atoms with Crippen LogP contribution in [0.15, 0.2) is 47.4 Å². The maximum Gasteiger partial charge on any atom is 0.242 e. The Morgan fingerprint density at radius 1 is 1.19 bits per heavy atom. The van der Waals surface area contributed by atoms with E-state index < -0.39 is 10.0 Å². The third-order valence-electron chi connectivity index (χ3n) is 4.17. The number of benzene rings is 2. The Hall–Kier alpha value is -1.93. The first-order chi connectivity index (χ1) is 12.6. The van der Waals surface area contributed by atoms with Crippen LogP contribution in [0.1, 0.15) is 24.1 Å². The van der Waals surface area contributed by atoms with E-state index in [1.165, 1.54) is 20.2 Å². The van der Waals surface area contributed by atoms with E-state index in [0.717, 1.165) is 9.87 Å². The largest absolute Gasteiger partial charge is 0.325 e. The van der Waals surface area contributed by atoms with Gasteiger partial charge in [-0.25, -0.2) is 12.7 Å². The van der Waals surface area contributed by atoms with E-state index in [0.29, 0.717) is 16.3 Å². The number of rotatable bonds is 7. The fraction of sp³-hybridized carbons (Fsp3) is 0.316. The molecule has 0 aliphatic rings. The summed E-state index contributed by atoms with van der Waals surface area (Å²) >= 11 is 6.16. The van der Waals surface area contributed by atoms with Gasteiger partial charge in [-0.05, 0) is 43.2 Å². The zero-order valence-electron chi connectivity index (χ0n) is 15.8. The molecule has 0 spiro atoms. The number of carbonyl (C=O) groups excluding carboxylic acids is 1. The van der Waals surface area contributed by atoms with Gasteiger partial charge in [-0.15, -0.1) is 0 Å². The standard InChI is InChI=1S/C19H24ClN3O3S/c1-13-9-10-15(11-18(13)27(25,26)23(3)4)22-19(24)12-21-14(2)16-7-5-6-8-17(16)20/h5-11,14,21H,12H2,1-4H3,(H,22,24). The molecule has 146 valence electrons. The zero-order chi connectivity index (χ0) is 20.2. The van der Waals surface area contributed by atoms with E-state index in [4.69, 9.17) is 11.6 Å². The monoisotopic (exact) mass is 409 g/mol. The van der Waals surface area contributed by atoms with Gasteiger partial charge in [0.25, 0.3) is 0 Å². The molecule has 2 aromatic rings. The van der Waals surface area contributed by atoms with Crippen LogP contribution in [0.3, 0.4) is 0 Å². The second-order valence-corrected chi connectivity index (χ2v) is 8.97. The minimum atomic E-state index is -3.58. The van der Waals surface area contributed by atoms with E-state index in [1.807, 2.05) is 25.1 Å². The molecule has 2 aromatic carbocycles. The molecule has 0 saturated heterocycles. The number of anilines is 1. The molecule has 1 atom stereocenters. The first-order valence-electron chi connectivity index (χ1n) is 8.43. The van der Waals surface area contributed by atoms with Gasteiger partial charge >= 0.3 is 0 Å². The summed E-state index contributed by atoms with van der Waals surface area (Å²) in [5.74, 6) is -0.272. The average molecular weight is 410 g/mol. The minimum Gasteiger partial charge on any atom is -0.325 e. The fourth-order valence-corrected chi connectivity index (χ4v) is 3.98. The first-order valence-corrected chi connectivity index (χ1v) is 10.3. The van der Waals surface area contributed by atoms with Crippen LogP contribution >= 0.6 is 11.6 Å². The lowest BCUT2D eigenvalue weighted by Crippen LogP contribution is -2.30. The van der Waals surface area contributed by atoms with Crippen molar-refractivity contribution in [2.45, 2.75) is 24.8 Å². The van der Waals surface area contributed by atoms with Gasteiger partial charge in [0.2, 0.25) is 15.9 Å². The number of nitrogens with one attached hydrogen (secondary N) is 2. The van der Waals surface area contributed by atoms with Crippen LogP contribution in [-0.4, -0.2) is 39.3 Å². The zero-order valence-corrected chi connectivity index (χ0v) is 17.4. The molecular weight excluding hydrogens is 386 g/mol. The van der Waals surface area contributed by atoms with Gasteiger partial charge < -0.3 is 10.6 Å². The van der Waals surface area contributed by atoms with Crippen molar-refractivity contribution < 1.29 is 13.2 Å². The number of halogens is 1.